The largest absolute Gasteiger partial charge is 0.352 e. The maximum atomic E-state index is 12.1. The zero-order valence-corrected chi connectivity index (χ0v) is 12.3. The van der Waals surface area contributed by atoms with Gasteiger partial charge in [0.15, 0.2) is 0 Å². The van der Waals surface area contributed by atoms with Crippen LogP contribution in [-0.2, 0) is 11.2 Å². The molecule has 0 spiro atoms. The molecule has 1 aromatic carbocycles. The van der Waals surface area contributed by atoms with Crippen molar-refractivity contribution in [2.75, 3.05) is 0 Å². The first kappa shape index (κ1) is 15.7. The van der Waals surface area contributed by atoms with E-state index in [2.05, 4.69) is 17.4 Å². The number of nitrogens with one attached hydrogen (secondary N) is 1. The van der Waals surface area contributed by atoms with E-state index in [4.69, 9.17) is 5.73 Å². The van der Waals surface area contributed by atoms with Crippen LogP contribution in [0.2, 0.25) is 0 Å². The number of amides is 1. The fourth-order valence-corrected chi connectivity index (χ4v) is 2.04. The summed E-state index contributed by atoms with van der Waals surface area (Å²) in [5.74, 6) is -0.0296. The van der Waals surface area contributed by atoms with Gasteiger partial charge in [-0.2, -0.15) is 0 Å². The van der Waals surface area contributed by atoms with E-state index in [0.717, 1.165) is 12.8 Å². The molecule has 0 heterocycles. The molecule has 1 unspecified atom stereocenters. The number of nitrogens with two attached hydrogens (primary N) is 1. The summed E-state index contributed by atoms with van der Waals surface area (Å²) < 4.78 is 0. The van der Waals surface area contributed by atoms with Gasteiger partial charge in [-0.1, -0.05) is 44.2 Å². The average Bonchev–Trinajstić information content (AvgIpc) is 2.45. The molecule has 1 aromatic rings. The second-order valence-electron chi connectivity index (χ2n) is 5.26. The molecule has 106 valence electrons. The van der Waals surface area contributed by atoms with Crippen LogP contribution in [0.25, 0.3) is 0 Å². The van der Waals surface area contributed by atoms with Gasteiger partial charge in [-0.25, -0.2) is 0 Å². The lowest BCUT2D eigenvalue weighted by molar-refractivity contribution is -0.127. The maximum absolute atomic E-state index is 12.1. The van der Waals surface area contributed by atoms with Crippen LogP contribution in [0.1, 0.15) is 45.6 Å². The van der Waals surface area contributed by atoms with Crippen molar-refractivity contribution in [3.05, 3.63) is 35.9 Å². The Hall–Kier alpha value is -1.35. The van der Waals surface area contributed by atoms with E-state index in [1.54, 1.807) is 0 Å². The molecule has 0 aromatic heterocycles. The number of aryl methyl sites for hydroxylation is 1. The molecule has 3 heteroatoms. The second kappa shape index (κ2) is 7.29. The van der Waals surface area contributed by atoms with Gasteiger partial charge in [0.05, 0.1) is 5.54 Å². The Labute approximate surface area is 116 Å². The van der Waals surface area contributed by atoms with Gasteiger partial charge in [-0.3, -0.25) is 4.79 Å². The van der Waals surface area contributed by atoms with Crippen LogP contribution < -0.4 is 11.1 Å². The molecule has 1 amide bonds. The Morgan fingerprint density at radius 3 is 2.37 bits per heavy atom. The molecule has 0 aliphatic rings. The number of benzene rings is 1. The Kier molecular flexibility index (Phi) is 6.03. The molecule has 1 rings (SSSR count). The summed E-state index contributed by atoms with van der Waals surface area (Å²) in [6.07, 6.45) is 3.23. The minimum atomic E-state index is -0.721. The zero-order chi connectivity index (χ0) is 14.3. The third kappa shape index (κ3) is 4.67. The van der Waals surface area contributed by atoms with Crippen LogP contribution in [0.3, 0.4) is 0 Å². The normalized spacial score (nSPS) is 13.1. The minimum Gasteiger partial charge on any atom is -0.352 e. The van der Waals surface area contributed by atoms with E-state index in [1.165, 1.54) is 5.56 Å². The predicted molar refractivity (Wildman–Crippen MR) is 79.9 cm³/mol. The molecule has 0 aliphatic heterocycles. The zero-order valence-electron chi connectivity index (χ0n) is 12.3. The SMILES string of the molecule is CCC(N)(CC)C(=O)NC(C)CCc1ccccc1. The van der Waals surface area contributed by atoms with Crippen molar-refractivity contribution in [2.24, 2.45) is 5.73 Å². The molecular weight excluding hydrogens is 236 g/mol. The number of rotatable bonds is 7. The highest BCUT2D eigenvalue weighted by molar-refractivity contribution is 5.86. The van der Waals surface area contributed by atoms with E-state index < -0.39 is 5.54 Å². The van der Waals surface area contributed by atoms with E-state index in [-0.39, 0.29) is 11.9 Å². The van der Waals surface area contributed by atoms with Gasteiger partial charge in [-0.15, -0.1) is 0 Å². The molecule has 0 saturated carbocycles. The van der Waals surface area contributed by atoms with E-state index in [1.807, 2.05) is 39.0 Å². The molecular formula is C16H26N2O. The Morgan fingerprint density at radius 1 is 1.26 bits per heavy atom. The van der Waals surface area contributed by atoms with Gasteiger partial charge in [0.2, 0.25) is 5.91 Å². The van der Waals surface area contributed by atoms with Crippen LogP contribution >= 0.6 is 0 Å². The summed E-state index contributed by atoms with van der Waals surface area (Å²) in [5.41, 5.74) is 6.66. The summed E-state index contributed by atoms with van der Waals surface area (Å²) >= 11 is 0. The Morgan fingerprint density at radius 2 is 1.84 bits per heavy atom. The first-order chi connectivity index (χ1) is 9.01. The number of carbonyl (C=O) groups is 1. The second-order valence-corrected chi connectivity index (χ2v) is 5.26. The molecule has 0 aliphatic carbocycles. The summed E-state index contributed by atoms with van der Waals surface area (Å²) in [4.78, 5) is 12.1. The Balaban J connectivity index is 2.43. The van der Waals surface area contributed by atoms with Gasteiger partial charge in [0, 0.05) is 6.04 Å². The van der Waals surface area contributed by atoms with Crippen LogP contribution in [-0.4, -0.2) is 17.5 Å². The first-order valence-electron chi connectivity index (χ1n) is 7.15. The fourth-order valence-electron chi connectivity index (χ4n) is 2.04. The minimum absolute atomic E-state index is 0.0296. The van der Waals surface area contributed by atoms with Crippen LogP contribution in [0.4, 0.5) is 0 Å². The molecule has 0 fully saturated rings. The summed E-state index contributed by atoms with van der Waals surface area (Å²) in [5, 5.41) is 3.03. The van der Waals surface area contributed by atoms with Crippen LogP contribution in [0.15, 0.2) is 30.3 Å². The predicted octanol–water partition coefficient (Wildman–Crippen LogP) is 2.64. The van der Waals surface area contributed by atoms with Gasteiger partial charge in [0.25, 0.3) is 0 Å². The highest BCUT2D eigenvalue weighted by Crippen LogP contribution is 2.12. The smallest absolute Gasteiger partial charge is 0.240 e. The number of hydrogen-bond acceptors (Lipinski definition) is 2. The van der Waals surface area contributed by atoms with Crippen molar-refractivity contribution in [1.29, 1.82) is 0 Å². The fraction of sp³-hybridized carbons (Fsp3) is 0.562. The number of hydrogen-bond donors (Lipinski definition) is 2. The van der Waals surface area contributed by atoms with Crippen molar-refractivity contribution in [2.45, 2.75) is 58.0 Å². The standard InChI is InChI=1S/C16H26N2O/c1-4-16(17,5-2)15(19)18-13(3)11-12-14-9-7-6-8-10-14/h6-10,13H,4-5,11-12,17H2,1-3H3,(H,18,19). The van der Waals surface area contributed by atoms with Crippen molar-refractivity contribution in [3.8, 4) is 0 Å². The monoisotopic (exact) mass is 262 g/mol. The van der Waals surface area contributed by atoms with Crippen molar-refractivity contribution >= 4 is 5.91 Å². The molecule has 3 nitrogen and oxygen atoms in total. The van der Waals surface area contributed by atoms with Gasteiger partial charge >= 0.3 is 0 Å². The number of carbonyl (C=O) groups excluding carboxylic acids is 1. The van der Waals surface area contributed by atoms with Gasteiger partial charge in [0.1, 0.15) is 0 Å². The third-order valence-corrected chi connectivity index (χ3v) is 3.80. The Bertz CT molecular complexity index is 385. The third-order valence-electron chi connectivity index (χ3n) is 3.80. The highest BCUT2D eigenvalue weighted by atomic mass is 16.2. The van der Waals surface area contributed by atoms with E-state index in [0.29, 0.717) is 12.8 Å². The van der Waals surface area contributed by atoms with Crippen molar-refractivity contribution < 1.29 is 4.79 Å². The quantitative estimate of drug-likeness (QED) is 0.793. The molecule has 0 radical (unpaired) electrons. The molecule has 3 N–H and O–H groups in total. The average molecular weight is 262 g/mol. The lowest BCUT2D eigenvalue weighted by atomic mass is 9.92. The summed E-state index contributed by atoms with van der Waals surface area (Å²) in [6.45, 7) is 5.95. The summed E-state index contributed by atoms with van der Waals surface area (Å²) in [6, 6.07) is 10.5. The van der Waals surface area contributed by atoms with Crippen molar-refractivity contribution in [3.63, 3.8) is 0 Å². The van der Waals surface area contributed by atoms with E-state index >= 15 is 0 Å². The maximum Gasteiger partial charge on any atom is 0.240 e. The van der Waals surface area contributed by atoms with Crippen LogP contribution in [0, 0.1) is 0 Å². The molecule has 0 bridgehead atoms. The highest BCUT2D eigenvalue weighted by Gasteiger charge is 2.30. The molecule has 1 atom stereocenters. The summed E-state index contributed by atoms with van der Waals surface area (Å²) in [7, 11) is 0. The topological polar surface area (TPSA) is 55.1 Å². The lowest BCUT2D eigenvalue weighted by Crippen LogP contribution is -2.55. The molecule has 19 heavy (non-hydrogen) atoms. The van der Waals surface area contributed by atoms with Crippen molar-refractivity contribution in [1.82, 2.24) is 5.32 Å². The van der Waals surface area contributed by atoms with Crippen LogP contribution in [0.5, 0.6) is 0 Å². The van der Waals surface area contributed by atoms with Gasteiger partial charge < -0.3 is 11.1 Å². The first-order valence-corrected chi connectivity index (χ1v) is 7.15. The van der Waals surface area contributed by atoms with Gasteiger partial charge in [-0.05, 0) is 38.2 Å². The lowest BCUT2D eigenvalue weighted by Gasteiger charge is -2.27. The molecule has 0 saturated heterocycles. The van der Waals surface area contributed by atoms with E-state index in [9.17, 15) is 4.79 Å².